The molecule has 11 heavy (non-hydrogen) atoms. The van der Waals surface area contributed by atoms with Gasteiger partial charge < -0.3 is 10.8 Å². The van der Waals surface area contributed by atoms with Gasteiger partial charge in [-0.25, -0.2) is 0 Å². The topological polar surface area (TPSA) is 46.2 Å². The van der Waals surface area contributed by atoms with Crippen LogP contribution in [-0.2, 0) is 0 Å². The molecule has 3 atom stereocenters. The number of aliphatic hydroxyl groups is 1. The first-order chi connectivity index (χ1) is 5.25. The number of nitrogens with two attached hydrogens (primary N) is 1. The number of rotatable bonds is 3. The Morgan fingerprint density at radius 1 is 1.73 bits per heavy atom. The van der Waals surface area contributed by atoms with Gasteiger partial charge in [0.2, 0.25) is 0 Å². The predicted octanol–water partition coefficient (Wildman–Crippen LogP) is 0.695. The number of aliphatic hydroxyl groups excluding tert-OH is 1. The van der Waals surface area contributed by atoms with Crippen molar-refractivity contribution in [3.8, 4) is 0 Å². The highest BCUT2D eigenvalue weighted by Crippen LogP contribution is 2.28. The first-order valence-electron chi connectivity index (χ1n) is 4.21. The maximum absolute atomic E-state index is 9.72. The van der Waals surface area contributed by atoms with Crippen LogP contribution < -0.4 is 5.73 Å². The maximum atomic E-state index is 9.72. The third-order valence-corrected chi connectivity index (χ3v) is 3.59. The molecule has 1 rings (SSSR count). The Kier molecular flexibility index (Phi) is 3.69. The SMILES string of the molecule is CC(CN)C(O)C1CCSC1. The summed E-state index contributed by atoms with van der Waals surface area (Å²) in [4.78, 5) is 0. The van der Waals surface area contributed by atoms with Crippen LogP contribution in [-0.4, -0.2) is 29.3 Å². The highest BCUT2D eigenvalue weighted by Gasteiger charge is 2.26. The number of hydrogen-bond acceptors (Lipinski definition) is 3. The molecule has 3 heteroatoms. The van der Waals surface area contributed by atoms with E-state index in [0.29, 0.717) is 12.5 Å². The molecular weight excluding hydrogens is 158 g/mol. The summed E-state index contributed by atoms with van der Waals surface area (Å²) in [5.74, 6) is 3.09. The van der Waals surface area contributed by atoms with E-state index in [-0.39, 0.29) is 12.0 Å². The zero-order chi connectivity index (χ0) is 8.27. The molecule has 0 aromatic carbocycles. The number of thioether (sulfide) groups is 1. The first-order valence-corrected chi connectivity index (χ1v) is 5.37. The molecule has 0 amide bonds. The molecular formula is C8H17NOS. The molecule has 66 valence electrons. The molecule has 0 saturated carbocycles. The van der Waals surface area contributed by atoms with Gasteiger partial charge in [-0.2, -0.15) is 11.8 Å². The van der Waals surface area contributed by atoms with Gasteiger partial charge in [-0.1, -0.05) is 6.92 Å². The van der Waals surface area contributed by atoms with Gasteiger partial charge in [-0.05, 0) is 36.3 Å². The molecule has 1 saturated heterocycles. The molecule has 1 aliphatic heterocycles. The number of hydrogen-bond donors (Lipinski definition) is 2. The lowest BCUT2D eigenvalue weighted by molar-refractivity contribution is 0.0714. The maximum Gasteiger partial charge on any atom is 0.0614 e. The van der Waals surface area contributed by atoms with Crippen molar-refractivity contribution < 1.29 is 5.11 Å². The predicted molar refractivity (Wildman–Crippen MR) is 49.7 cm³/mol. The van der Waals surface area contributed by atoms with Crippen LogP contribution in [0.5, 0.6) is 0 Å². The zero-order valence-electron chi connectivity index (χ0n) is 6.99. The summed E-state index contributed by atoms with van der Waals surface area (Å²) < 4.78 is 0. The van der Waals surface area contributed by atoms with E-state index in [2.05, 4.69) is 0 Å². The van der Waals surface area contributed by atoms with Crippen molar-refractivity contribution >= 4 is 11.8 Å². The summed E-state index contributed by atoms with van der Waals surface area (Å²) in [6, 6.07) is 0. The van der Waals surface area contributed by atoms with E-state index in [4.69, 9.17) is 5.73 Å². The van der Waals surface area contributed by atoms with Crippen LogP contribution in [0.2, 0.25) is 0 Å². The minimum absolute atomic E-state index is 0.171. The van der Waals surface area contributed by atoms with E-state index < -0.39 is 0 Å². The molecule has 0 aromatic heterocycles. The van der Waals surface area contributed by atoms with Gasteiger partial charge >= 0.3 is 0 Å². The van der Waals surface area contributed by atoms with E-state index in [1.54, 1.807) is 0 Å². The average Bonchev–Trinajstić information content (AvgIpc) is 2.53. The summed E-state index contributed by atoms with van der Waals surface area (Å²) in [6.45, 7) is 2.62. The largest absolute Gasteiger partial charge is 0.392 e. The molecule has 3 unspecified atom stereocenters. The second-order valence-electron chi connectivity index (χ2n) is 3.33. The van der Waals surface area contributed by atoms with E-state index in [1.807, 2.05) is 18.7 Å². The van der Waals surface area contributed by atoms with E-state index in [1.165, 1.54) is 5.75 Å². The normalized spacial score (nSPS) is 30.3. The lowest BCUT2D eigenvalue weighted by Crippen LogP contribution is -2.32. The van der Waals surface area contributed by atoms with Gasteiger partial charge in [0.25, 0.3) is 0 Å². The summed E-state index contributed by atoms with van der Waals surface area (Å²) >= 11 is 1.94. The van der Waals surface area contributed by atoms with Gasteiger partial charge in [0.05, 0.1) is 6.10 Å². The molecule has 0 aliphatic carbocycles. The van der Waals surface area contributed by atoms with Gasteiger partial charge in [-0.15, -0.1) is 0 Å². The molecule has 3 N–H and O–H groups in total. The molecule has 0 aromatic rings. The smallest absolute Gasteiger partial charge is 0.0614 e. The first kappa shape index (κ1) is 9.36. The van der Waals surface area contributed by atoms with Crippen LogP contribution in [0.3, 0.4) is 0 Å². The second-order valence-corrected chi connectivity index (χ2v) is 4.48. The molecule has 0 radical (unpaired) electrons. The van der Waals surface area contributed by atoms with Crippen LogP contribution >= 0.6 is 11.8 Å². The van der Waals surface area contributed by atoms with Crippen molar-refractivity contribution in [2.75, 3.05) is 18.1 Å². The summed E-state index contributed by atoms with van der Waals surface area (Å²) in [7, 11) is 0. The fourth-order valence-electron chi connectivity index (χ4n) is 1.43. The van der Waals surface area contributed by atoms with Crippen LogP contribution in [0.4, 0.5) is 0 Å². The summed E-state index contributed by atoms with van der Waals surface area (Å²) in [6.07, 6.45) is 0.992. The van der Waals surface area contributed by atoms with E-state index in [0.717, 1.165) is 12.2 Å². The Labute approximate surface area is 72.5 Å². The van der Waals surface area contributed by atoms with Gasteiger partial charge in [0.15, 0.2) is 0 Å². The highest BCUT2D eigenvalue weighted by atomic mass is 32.2. The minimum atomic E-state index is -0.171. The minimum Gasteiger partial charge on any atom is -0.392 e. The van der Waals surface area contributed by atoms with Crippen LogP contribution in [0, 0.1) is 11.8 Å². The van der Waals surface area contributed by atoms with Crippen molar-refractivity contribution in [1.29, 1.82) is 0 Å². The highest BCUT2D eigenvalue weighted by molar-refractivity contribution is 7.99. The summed E-state index contributed by atoms with van der Waals surface area (Å²) in [5.41, 5.74) is 5.47. The van der Waals surface area contributed by atoms with Crippen LogP contribution in [0.25, 0.3) is 0 Å². The zero-order valence-corrected chi connectivity index (χ0v) is 7.81. The van der Waals surface area contributed by atoms with Crippen molar-refractivity contribution in [1.82, 2.24) is 0 Å². The lowest BCUT2D eigenvalue weighted by atomic mass is 9.92. The third-order valence-electron chi connectivity index (χ3n) is 2.40. The molecule has 0 spiro atoms. The molecule has 1 aliphatic rings. The Morgan fingerprint density at radius 2 is 2.45 bits per heavy atom. The van der Waals surface area contributed by atoms with Crippen molar-refractivity contribution in [2.24, 2.45) is 17.6 Å². The third kappa shape index (κ3) is 2.36. The monoisotopic (exact) mass is 175 g/mol. The molecule has 1 fully saturated rings. The van der Waals surface area contributed by atoms with Gasteiger partial charge in [0, 0.05) is 0 Å². The van der Waals surface area contributed by atoms with Crippen molar-refractivity contribution in [3.63, 3.8) is 0 Å². The quantitative estimate of drug-likeness (QED) is 0.663. The van der Waals surface area contributed by atoms with Crippen molar-refractivity contribution in [3.05, 3.63) is 0 Å². The molecule has 2 nitrogen and oxygen atoms in total. The fraction of sp³-hybridized carbons (Fsp3) is 1.00. The Bertz CT molecular complexity index is 115. The lowest BCUT2D eigenvalue weighted by Gasteiger charge is -2.22. The van der Waals surface area contributed by atoms with Crippen LogP contribution in [0.15, 0.2) is 0 Å². The Morgan fingerprint density at radius 3 is 2.91 bits per heavy atom. The fourth-order valence-corrected chi connectivity index (χ4v) is 2.73. The second kappa shape index (κ2) is 4.33. The molecule has 0 bridgehead atoms. The molecule has 1 heterocycles. The Hall–Kier alpha value is 0.270. The van der Waals surface area contributed by atoms with Crippen molar-refractivity contribution in [2.45, 2.75) is 19.4 Å². The van der Waals surface area contributed by atoms with Crippen LogP contribution in [0.1, 0.15) is 13.3 Å². The van der Waals surface area contributed by atoms with Gasteiger partial charge in [-0.3, -0.25) is 0 Å². The standard InChI is InChI=1S/C8H17NOS/c1-6(4-9)8(10)7-2-3-11-5-7/h6-8,10H,2-5,9H2,1H3. The summed E-state index contributed by atoms with van der Waals surface area (Å²) in [5, 5.41) is 9.72. The van der Waals surface area contributed by atoms with E-state index >= 15 is 0 Å². The van der Waals surface area contributed by atoms with E-state index in [9.17, 15) is 5.11 Å². The average molecular weight is 175 g/mol. The van der Waals surface area contributed by atoms with Gasteiger partial charge in [0.1, 0.15) is 0 Å². The Balaban J connectivity index is 2.32.